The SMILES string of the molecule is COc1cccc(-n2cc(CN(C)C(=O)Cn3nc(C)nc3C)cn2)c1. The van der Waals surface area contributed by atoms with Crippen molar-refractivity contribution in [1.29, 1.82) is 0 Å². The van der Waals surface area contributed by atoms with Crippen LogP contribution in [-0.2, 0) is 17.9 Å². The number of methoxy groups -OCH3 is 1. The molecule has 0 aliphatic heterocycles. The summed E-state index contributed by atoms with van der Waals surface area (Å²) in [6, 6.07) is 7.65. The van der Waals surface area contributed by atoms with Gasteiger partial charge in [-0.05, 0) is 26.0 Å². The second-order valence-corrected chi connectivity index (χ2v) is 6.11. The number of benzene rings is 1. The number of hydrogen-bond donors (Lipinski definition) is 0. The molecule has 8 heteroatoms. The summed E-state index contributed by atoms with van der Waals surface area (Å²) in [6.07, 6.45) is 3.66. The maximum atomic E-state index is 12.4. The molecule has 3 rings (SSSR count). The van der Waals surface area contributed by atoms with Gasteiger partial charge in [0, 0.05) is 31.4 Å². The van der Waals surface area contributed by atoms with Crippen molar-refractivity contribution in [2.24, 2.45) is 0 Å². The molecule has 8 nitrogen and oxygen atoms in total. The Balaban J connectivity index is 1.66. The second kappa shape index (κ2) is 7.38. The molecule has 0 radical (unpaired) electrons. The first-order chi connectivity index (χ1) is 12.5. The van der Waals surface area contributed by atoms with Crippen LogP contribution < -0.4 is 4.74 Å². The lowest BCUT2D eigenvalue weighted by Gasteiger charge is -2.16. The van der Waals surface area contributed by atoms with Gasteiger partial charge < -0.3 is 9.64 Å². The third kappa shape index (κ3) is 3.90. The maximum Gasteiger partial charge on any atom is 0.244 e. The monoisotopic (exact) mass is 354 g/mol. The number of amides is 1. The van der Waals surface area contributed by atoms with Crippen molar-refractivity contribution in [2.45, 2.75) is 26.9 Å². The van der Waals surface area contributed by atoms with E-state index in [9.17, 15) is 4.79 Å². The second-order valence-electron chi connectivity index (χ2n) is 6.11. The van der Waals surface area contributed by atoms with Crippen LogP contribution in [0.25, 0.3) is 5.69 Å². The Bertz CT molecular complexity index is 914. The Labute approximate surface area is 152 Å². The van der Waals surface area contributed by atoms with Gasteiger partial charge in [-0.3, -0.25) is 4.79 Å². The number of rotatable bonds is 6. The van der Waals surface area contributed by atoms with Crippen molar-refractivity contribution >= 4 is 5.91 Å². The lowest BCUT2D eigenvalue weighted by atomic mass is 10.3. The topological polar surface area (TPSA) is 78.1 Å². The summed E-state index contributed by atoms with van der Waals surface area (Å²) >= 11 is 0. The highest BCUT2D eigenvalue weighted by molar-refractivity contribution is 5.75. The van der Waals surface area contributed by atoms with Gasteiger partial charge in [-0.25, -0.2) is 14.3 Å². The summed E-state index contributed by atoms with van der Waals surface area (Å²) < 4.78 is 8.62. The molecule has 0 atom stereocenters. The predicted molar refractivity (Wildman–Crippen MR) is 96.1 cm³/mol. The highest BCUT2D eigenvalue weighted by Gasteiger charge is 2.14. The van der Waals surface area contributed by atoms with Crippen molar-refractivity contribution in [2.75, 3.05) is 14.2 Å². The molecule has 0 aliphatic rings. The number of likely N-dealkylation sites (N-methyl/N-ethyl adjacent to an activating group) is 1. The molecule has 0 saturated heterocycles. The van der Waals surface area contributed by atoms with Crippen molar-refractivity contribution in [3.63, 3.8) is 0 Å². The van der Waals surface area contributed by atoms with Crippen molar-refractivity contribution < 1.29 is 9.53 Å². The molecule has 0 aliphatic carbocycles. The van der Waals surface area contributed by atoms with E-state index in [-0.39, 0.29) is 12.5 Å². The van der Waals surface area contributed by atoms with Gasteiger partial charge in [0.2, 0.25) is 5.91 Å². The van der Waals surface area contributed by atoms with Crippen LogP contribution in [0.15, 0.2) is 36.7 Å². The van der Waals surface area contributed by atoms with Gasteiger partial charge in [0.15, 0.2) is 0 Å². The summed E-state index contributed by atoms with van der Waals surface area (Å²) in [5.74, 6) is 2.13. The minimum Gasteiger partial charge on any atom is -0.497 e. The quantitative estimate of drug-likeness (QED) is 0.674. The van der Waals surface area contributed by atoms with Gasteiger partial charge in [0.25, 0.3) is 0 Å². The summed E-state index contributed by atoms with van der Waals surface area (Å²) in [5, 5.41) is 8.60. The first-order valence-electron chi connectivity index (χ1n) is 8.26. The average molecular weight is 354 g/mol. The molecule has 0 unspecified atom stereocenters. The van der Waals surface area contributed by atoms with Crippen LogP contribution in [0.1, 0.15) is 17.2 Å². The maximum absolute atomic E-state index is 12.4. The molecule has 0 fully saturated rings. The van der Waals surface area contributed by atoms with E-state index >= 15 is 0 Å². The van der Waals surface area contributed by atoms with Crippen molar-refractivity contribution in [1.82, 2.24) is 29.4 Å². The molecule has 3 aromatic rings. The standard InChI is InChI=1S/C18H22N6O2/c1-13-20-14(2)23(21-13)12-18(25)22(3)10-15-9-19-24(11-15)16-6-5-7-17(8-16)26-4/h5-9,11H,10,12H2,1-4H3. The fourth-order valence-electron chi connectivity index (χ4n) is 2.66. The summed E-state index contributed by atoms with van der Waals surface area (Å²) in [7, 11) is 3.40. The van der Waals surface area contributed by atoms with E-state index < -0.39 is 0 Å². The van der Waals surface area contributed by atoms with E-state index in [2.05, 4.69) is 15.2 Å². The molecule has 2 heterocycles. The van der Waals surface area contributed by atoms with Crippen molar-refractivity contribution in [3.8, 4) is 11.4 Å². The van der Waals surface area contributed by atoms with Gasteiger partial charge in [-0.2, -0.15) is 10.2 Å². The van der Waals surface area contributed by atoms with Gasteiger partial charge in [-0.15, -0.1) is 0 Å². The Kier molecular flexibility index (Phi) is 5.01. The molecular formula is C18H22N6O2. The summed E-state index contributed by atoms with van der Waals surface area (Å²) in [4.78, 5) is 18.3. The van der Waals surface area contributed by atoms with E-state index in [1.807, 2.05) is 44.3 Å². The molecule has 26 heavy (non-hydrogen) atoms. The number of carbonyl (C=O) groups excluding carboxylic acids is 1. The molecule has 1 amide bonds. The molecule has 136 valence electrons. The Morgan fingerprint density at radius 2 is 2.12 bits per heavy atom. The Morgan fingerprint density at radius 3 is 2.81 bits per heavy atom. The van der Waals surface area contributed by atoms with E-state index in [4.69, 9.17) is 4.74 Å². The number of ether oxygens (including phenoxy) is 1. The zero-order chi connectivity index (χ0) is 18.7. The fourth-order valence-corrected chi connectivity index (χ4v) is 2.66. The van der Waals surface area contributed by atoms with Gasteiger partial charge in [0.05, 0.1) is 19.0 Å². The molecule has 0 spiro atoms. The Hall–Kier alpha value is -3.16. The number of carbonyl (C=O) groups is 1. The zero-order valence-corrected chi connectivity index (χ0v) is 15.4. The zero-order valence-electron chi connectivity index (χ0n) is 15.4. The number of nitrogens with zero attached hydrogens (tertiary/aromatic N) is 6. The molecule has 0 saturated carbocycles. The van der Waals surface area contributed by atoms with Crippen LogP contribution >= 0.6 is 0 Å². The third-order valence-electron chi connectivity index (χ3n) is 4.05. The first-order valence-corrected chi connectivity index (χ1v) is 8.26. The molecular weight excluding hydrogens is 332 g/mol. The van der Waals surface area contributed by atoms with E-state index in [1.54, 1.807) is 34.6 Å². The number of hydrogen-bond acceptors (Lipinski definition) is 5. The molecule has 0 bridgehead atoms. The Morgan fingerprint density at radius 1 is 1.31 bits per heavy atom. The average Bonchev–Trinajstić information content (AvgIpc) is 3.21. The lowest BCUT2D eigenvalue weighted by Crippen LogP contribution is -2.30. The van der Waals surface area contributed by atoms with Crippen LogP contribution in [0.5, 0.6) is 5.75 Å². The predicted octanol–water partition coefficient (Wildman–Crippen LogP) is 1.75. The van der Waals surface area contributed by atoms with Crippen LogP contribution in [0.4, 0.5) is 0 Å². The largest absolute Gasteiger partial charge is 0.497 e. The highest BCUT2D eigenvalue weighted by atomic mass is 16.5. The van der Waals surface area contributed by atoms with E-state index in [0.29, 0.717) is 12.4 Å². The van der Waals surface area contributed by atoms with E-state index in [0.717, 1.165) is 22.8 Å². The smallest absolute Gasteiger partial charge is 0.244 e. The van der Waals surface area contributed by atoms with Gasteiger partial charge >= 0.3 is 0 Å². The normalized spacial score (nSPS) is 10.8. The minimum absolute atomic E-state index is 0.0351. The number of aromatic nitrogens is 5. The molecule has 0 N–H and O–H groups in total. The van der Waals surface area contributed by atoms with Crippen LogP contribution in [0.3, 0.4) is 0 Å². The minimum atomic E-state index is -0.0351. The van der Waals surface area contributed by atoms with Gasteiger partial charge in [0.1, 0.15) is 23.9 Å². The van der Waals surface area contributed by atoms with Crippen LogP contribution in [0, 0.1) is 13.8 Å². The fraction of sp³-hybridized carbons (Fsp3) is 0.333. The highest BCUT2D eigenvalue weighted by Crippen LogP contribution is 2.16. The lowest BCUT2D eigenvalue weighted by molar-refractivity contribution is -0.131. The van der Waals surface area contributed by atoms with Crippen LogP contribution in [-0.4, -0.2) is 49.5 Å². The van der Waals surface area contributed by atoms with Crippen molar-refractivity contribution in [3.05, 3.63) is 53.9 Å². The first kappa shape index (κ1) is 17.7. The van der Waals surface area contributed by atoms with Crippen LogP contribution in [0.2, 0.25) is 0 Å². The third-order valence-corrected chi connectivity index (χ3v) is 4.05. The van der Waals surface area contributed by atoms with E-state index in [1.165, 1.54) is 0 Å². The van der Waals surface area contributed by atoms with Gasteiger partial charge in [-0.1, -0.05) is 6.07 Å². The molecule has 1 aromatic carbocycles. The number of aryl methyl sites for hydroxylation is 2. The summed E-state index contributed by atoms with van der Waals surface area (Å²) in [6.45, 7) is 4.29. The summed E-state index contributed by atoms with van der Waals surface area (Å²) in [5.41, 5.74) is 1.84. The molecule has 2 aromatic heterocycles.